The maximum atomic E-state index is 8.72. The zero-order valence-electron chi connectivity index (χ0n) is 7.88. The fraction of sp³-hybridized carbons (Fsp3) is 0.889. The first-order valence-corrected chi connectivity index (χ1v) is 4.44. The molecule has 3 heteroatoms. The van der Waals surface area contributed by atoms with Crippen molar-refractivity contribution in [2.45, 2.75) is 32.7 Å². The van der Waals surface area contributed by atoms with Gasteiger partial charge < -0.3 is 10.4 Å². The summed E-state index contributed by atoms with van der Waals surface area (Å²) in [5.41, 5.74) is 0. The number of nitrogens with zero attached hydrogens (tertiary/aromatic N) is 1. The molecule has 2 unspecified atom stereocenters. The number of hydrogen-bond donors (Lipinski definition) is 2. The summed E-state index contributed by atoms with van der Waals surface area (Å²) in [6.07, 6.45) is 2.04. The molecule has 2 N–H and O–H groups in total. The lowest BCUT2D eigenvalue weighted by Crippen LogP contribution is -2.25. The molecular formula is C9H18N2O. The maximum absolute atomic E-state index is 8.72. The normalized spacial score (nSPS) is 15.2. The quantitative estimate of drug-likeness (QED) is 0.582. The van der Waals surface area contributed by atoms with Gasteiger partial charge in [0.25, 0.3) is 0 Å². The van der Waals surface area contributed by atoms with Crippen LogP contribution in [0.5, 0.6) is 0 Å². The summed E-state index contributed by atoms with van der Waals surface area (Å²) in [4.78, 5) is 0. The molecule has 0 aromatic carbocycles. The van der Waals surface area contributed by atoms with Crippen LogP contribution in [0.1, 0.15) is 26.7 Å². The van der Waals surface area contributed by atoms with Crippen molar-refractivity contribution >= 4 is 0 Å². The predicted molar refractivity (Wildman–Crippen MR) is 48.6 cm³/mol. The molecule has 0 aromatic heterocycles. The van der Waals surface area contributed by atoms with Crippen molar-refractivity contribution in [2.75, 3.05) is 13.2 Å². The Morgan fingerprint density at radius 1 is 1.50 bits per heavy atom. The van der Waals surface area contributed by atoms with E-state index in [1.54, 1.807) is 0 Å². The highest BCUT2D eigenvalue weighted by Crippen LogP contribution is 2.02. The Morgan fingerprint density at radius 3 is 2.67 bits per heavy atom. The Kier molecular flexibility index (Phi) is 6.73. The highest BCUT2D eigenvalue weighted by atomic mass is 16.3. The molecular weight excluding hydrogens is 152 g/mol. The molecule has 0 amide bonds. The van der Waals surface area contributed by atoms with E-state index in [4.69, 9.17) is 10.4 Å². The molecule has 0 spiro atoms. The molecule has 2 atom stereocenters. The number of nitrogens with one attached hydrogen (secondary N) is 1. The van der Waals surface area contributed by atoms with Gasteiger partial charge in [0, 0.05) is 6.61 Å². The molecule has 0 rings (SSSR count). The van der Waals surface area contributed by atoms with Crippen molar-refractivity contribution in [2.24, 2.45) is 5.92 Å². The van der Waals surface area contributed by atoms with Crippen LogP contribution in [0.15, 0.2) is 0 Å². The van der Waals surface area contributed by atoms with Gasteiger partial charge in [-0.3, -0.25) is 0 Å². The molecule has 0 aliphatic carbocycles. The lowest BCUT2D eigenvalue weighted by Gasteiger charge is -2.08. The SMILES string of the molecule is CC(CO)CCCNC(C)C#N. The van der Waals surface area contributed by atoms with Crippen LogP contribution in [0.25, 0.3) is 0 Å². The lowest BCUT2D eigenvalue weighted by molar-refractivity contribution is 0.228. The summed E-state index contributed by atoms with van der Waals surface area (Å²) in [7, 11) is 0. The van der Waals surface area contributed by atoms with Crippen molar-refractivity contribution in [3.8, 4) is 6.07 Å². The van der Waals surface area contributed by atoms with Crippen LogP contribution in [0, 0.1) is 17.2 Å². The van der Waals surface area contributed by atoms with Gasteiger partial charge in [-0.25, -0.2) is 0 Å². The molecule has 0 fully saturated rings. The third kappa shape index (κ3) is 6.14. The third-order valence-corrected chi connectivity index (χ3v) is 1.83. The molecule has 3 nitrogen and oxygen atoms in total. The van der Waals surface area contributed by atoms with Crippen molar-refractivity contribution in [1.29, 1.82) is 5.26 Å². The molecule has 0 radical (unpaired) electrons. The van der Waals surface area contributed by atoms with Crippen LogP contribution in [0.4, 0.5) is 0 Å². The second-order valence-electron chi connectivity index (χ2n) is 3.23. The largest absolute Gasteiger partial charge is 0.396 e. The van der Waals surface area contributed by atoms with Crippen LogP contribution in [0.2, 0.25) is 0 Å². The average molecular weight is 170 g/mol. The van der Waals surface area contributed by atoms with Gasteiger partial charge in [-0.1, -0.05) is 6.92 Å². The van der Waals surface area contributed by atoms with Gasteiger partial charge in [0.05, 0.1) is 12.1 Å². The zero-order chi connectivity index (χ0) is 9.40. The van der Waals surface area contributed by atoms with Gasteiger partial charge in [-0.15, -0.1) is 0 Å². The van der Waals surface area contributed by atoms with Crippen LogP contribution in [0.3, 0.4) is 0 Å². The Labute approximate surface area is 74.4 Å². The number of aliphatic hydroxyl groups excluding tert-OH is 1. The van der Waals surface area contributed by atoms with Gasteiger partial charge in [-0.2, -0.15) is 5.26 Å². The predicted octanol–water partition coefficient (Wildman–Crippen LogP) is 0.897. The van der Waals surface area contributed by atoms with Crippen LogP contribution < -0.4 is 5.32 Å². The molecule has 0 bridgehead atoms. The maximum Gasteiger partial charge on any atom is 0.0924 e. The summed E-state index contributed by atoms with van der Waals surface area (Å²) in [5.74, 6) is 0.379. The van der Waals surface area contributed by atoms with Crippen molar-refractivity contribution < 1.29 is 5.11 Å². The van der Waals surface area contributed by atoms with E-state index < -0.39 is 0 Å². The van der Waals surface area contributed by atoms with Crippen LogP contribution in [-0.4, -0.2) is 24.3 Å². The van der Waals surface area contributed by atoms with E-state index in [0.717, 1.165) is 19.4 Å². The molecule has 0 aliphatic heterocycles. The van der Waals surface area contributed by atoms with Gasteiger partial charge in [-0.05, 0) is 32.2 Å². The van der Waals surface area contributed by atoms with Gasteiger partial charge >= 0.3 is 0 Å². The second kappa shape index (κ2) is 7.08. The standard InChI is InChI=1S/C9H18N2O/c1-8(7-12)4-3-5-11-9(2)6-10/h8-9,11-12H,3-5,7H2,1-2H3. The Morgan fingerprint density at radius 2 is 2.17 bits per heavy atom. The highest BCUT2D eigenvalue weighted by molar-refractivity contribution is 4.84. The number of nitriles is 1. The van der Waals surface area contributed by atoms with Gasteiger partial charge in [0.15, 0.2) is 0 Å². The summed E-state index contributed by atoms with van der Waals surface area (Å²) in [6.45, 7) is 4.98. The topological polar surface area (TPSA) is 56.0 Å². The van der Waals surface area contributed by atoms with Crippen molar-refractivity contribution in [1.82, 2.24) is 5.32 Å². The third-order valence-electron chi connectivity index (χ3n) is 1.83. The van der Waals surface area contributed by atoms with E-state index in [1.807, 2.05) is 13.8 Å². The van der Waals surface area contributed by atoms with E-state index in [9.17, 15) is 0 Å². The molecule has 0 saturated heterocycles. The zero-order valence-corrected chi connectivity index (χ0v) is 7.88. The smallest absolute Gasteiger partial charge is 0.0924 e. The summed E-state index contributed by atoms with van der Waals surface area (Å²) >= 11 is 0. The minimum absolute atomic E-state index is 0.0607. The van der Waals surface area contributed by atoms with E-state index in [0.29, 0.717) is 5.92 Å². The monoisotopic (exact) mass is 170 g/mol. The number of aliphatic hydroxyl groups is 1. The van der Waals surface area contributed by atoms with E-state index >= 15 is 0 Å². The molecule has 70 valence electrons. The number of hydrogen-bond acceptors (Lipinski definition) is 3. The Bertz CT molecular complexity index is 142. The Balaban J connectivity index is 3.17. The summed E-state index contributed by atoms with van der Waals surface area (Å²) < 4.78 is 0. The van der Waals surface area contributed by atoms with E-state index in [-0.39, 0.29) is 12.6 Å². The lowest BCUT2D eigenvalue weighted by atomic mass is 10.1. The van der Waals surface area contributed by atoms with Crippen LogP contribution >= 0.6 is 0 Å². The molecule has 12 heavy (non-hydrogen) atoms. The molecule has 0 saturated carbocycles. The summed E-state index contributed by atoms with van der Waals surface area (Å²) in [6, 6.07) is 2.05. The van der Waals surface area contributed by atoms with Crippen molar-refractivity contribution in [3.05, 3.63) is 0 Å². The second-order valence-corrected chi connectivity index (χ2v) is 3.23. The molecule has 0 aliphatic rings. The average Bonchev–Trinajstić information content (AvgIpc) is 2.11. The summed E-state index contributed by atoms with van der Waals surface area (Å²) in [5, 5.41) is 20.2. The minimum Gasteiger partial charge on any atom is -0.396 e. The molecule has 0 aromatic rings. The Hall–Kier alpha value is -0.590. The number of rotatable bonds is 6. The van der Waals surface area contributed by atoms with Crippen LogP contribution in [-0.2, 0) is 0 Å². The first kappa shape index (κ1) is 11.4. The fourth-order valence-electron chi connectivity index (χ4n) is 0.906. The van der Waals surface area contributed by atoms with Gasteiger partial charge in [0.2, 0.25) is 0 Å². The first-order chi connectivity index (χ1) is 5.70. The van der Waals surface area contributed by atoms with Gasteiger partial charge in [0.1, 0.15) is 0 Å². The highest BCUT2D eigenvalue weighted by Gasteiger charge is 2.00. The van der Waals surface area contributed by atoms with Crippen molar-refractivity contribution in [3.63, 3.8) is 0 Å². The fourth-order valence-corrected chi connectivity index (χ4v) is 0.906. The van der Waals surface area contributed by atoms with E-state index in [1.165, 1.54) is 0 Å². The van der Waals surface area contributed by atoms with E-state index in [2.05, 4.69) is 11.4 Å². The molecule has 0 heterocycles. The first-order valence-electron chi connectivity index (χ1n) is 4.44. The minimum atomic E-state index is -0.0607.